The highest BCUT2D eigenvalue weighted by molar-refractivity contribution is 5.94. The minimum atomic E-state index is -0.305. The summed E-state index contributed by atoms with van der Waals surface area (Å²) < 4.78 is 0. The first-order chi connectivity index (χ1) is 7.61. The molecule has 1 aromatic rings. The van der Waals surface area contributed by atoms with E-state index in [1.165, 1.54) is 11.1 Å². The van der Waals surface area contributed by atoms with Gasteiger partial charge in [-0.1, -0.05) is 32.8 Å². The Morgan fingerprint density at radius 3 is 2.19 bits per heavy atom. The summed E-state index contributed by atoms with van der Waals surface area (Å²) in [7, 11) is 0. The molecule has 0 bridgehead atoms. The molecular formula is C14H21NO. The lowest BCUT2D eigenvalue weighted by molar-refractivity contribution is 0.0999. The maximum atomic E-state index is 11.4. The van der Waals surface area contributed by atoms with Crippen molar-refractivity contribution in [2.45, 2.75) is 46.5 Å². The van der Waals surface area contributed by atoms with Crippen molar-refractivity contribution in [3.05, 3.63) is 34.4 Å². The third-order valence-electron chi connectivity index (χ3n) is 2.93. The summed E-state index contributed by atoms with van der Waals surface area (Å²) in [5, 5.41) is 0. The fourth-order valence-electron chi connectivity index (χ4n) is 2.17. The predicted octanol–water partition coefficient (Wildman–Crippen LogP) is 3.00. The van der Waals surface area contributed by atoms with E-state index in [0.29, 0.717) is 5.56 Å². The largest absolute Gasteiger partial charge is 0.366 e. The van der Waals surface area contributed by atoms with Crippen molar-refractivity contribution in [3.63, 3.8) is 0 Å². The van der Waals surface area contributed by atoms with Crippen LogP contribution < -0.4 is 5.73 Å². The number of carbonyl (C=O) groups excluding carboxylic acids is 1. The van der Waals surface area contributed by atoms with Crippen molar-refractivity contribution in [3.8, 4) is 0 Å². The van der Waals surface area contributed by atoms with Gasteiger partial charge >= 0.3 is 0 Å². The lowest BCUT2D eigenvalue weighted by atomic mass is 9.90. The molecule has 1 amide bonds. The number of amides is 1. The number of rotatable bonds is 5. The average molecular weight is 219 g/mol. The molecule has 0 spiro atoms. The van der Waals surface area contributed by atoms with E-state index < -0.39 is 0 Å². The van der Waals surface area contributed by atoms with Gasteiger partial charge in [-0.25, -0.2) is 0 Å². The number of carbonyl (C=O) groups is 1. The van der Waals surface area contributed by atoms with Gasteiger partial charge in [0.2, 0.25) is 5.91 Å². The van der Waals surface area contributed by atoms with Gasteiger partial charge < -0.3 is 5.73 Å². The van der Waals surface area contributed by atoms with Crippen LogP contribution in [0.1, 0.15) is 53.7 Å². The van der Waals surface area contributed by atoms with Crippen molar-refractivity contribution in [2.24, 2.45) is 5.73 Å². The van der Waals surface area contributed by atoms with E-state index in [2.05, 4.69) is 20.8 Å². The lowest BCUT2D eigenvalue weighted by Gasteiger charge is -2.15. The van der Waals surface area contributed by atoms with Crippen LogP contribution in [0.3, 0.4) is 0 Å². The Labute approximate surface area is 97.9 Å². The second kappa shape index (κ2) is 5.69. The van der Waals surface area contributed by atoms with Crippen molar-refractivity contribution < 1.29 is 4.79 Å². The summed E-state index contributed by atoms with van der Waals surface area (Å²) in [5.41, 5.74) is 9.88. The normalized spacial score (nSPS) is 10.4. The summed E-state index contributed by atoms with van der Waals surface area (Å²) in [6.07, 6.45) is 4.11. The van der Waals surface area contributed by atoms with Crippen molar-refractivity contribution in [2.75, 3.05) is 0 Å². The van der Waals surface area contributed by atoms with Gasteiger partial charge in [0.15, 0.2) is 0 Å². The van der Waals surface area contributed by atoms with Crippen molar-refractivity contribution >= 4 is 5.91 Å². The molecule has 0 aliphatic rings. The zero-order valence-corrected chi connectivity index (χ0v) is 10.5. The summed E-state index contributed by atoms with van der Waals surface area (Å²) in [4.78, 5) is 11.4. The highest BCUT2D eigenvalue weighted by Crippen LogP contribution is 2.22. The summed E-state index contributed by atoms with van der Waals surface area (Å²) in [6, 6.07) is 3.87. The molecule has 0 aliphatic carbocycles. The van der Waals surface area contributed by atoms with Gasteiger partial charge in [-0.05, 0) is 42.5 Å². The molecule has 0 unspecified atom stereocenters. The molecule has 2 nitrogen and oxygen atoms in total. The van der Waals surface area contributed by atoms with Crippen LogP contribution in [0, 0.1) is 6.92 Å². The van der Waals surface area contributed by atoms with Gasteiger partial charge in [-0.3, -0.25) is 4.79 Å². The maximum Gasteiger partial charge on any atom is 0.248 e. The Hall–Kier alpha value is -1.31. The Morgan fingerprint density at radius 2 is 1.69 bits per heavy atom. The first-order valence-corrected chi connectivity index (χ1v) is 6.02. The summed E-state index contributed by atoms with van der Waals surface area (Å²) in [6.45, 7) is 6.39. The predicted molar refractivity (Wildman–Crippen MR) is 67.7 cm³/mol. The molecule has 1 aromatic carbocycles. The number of primary amides is 1. The quantitative estimate of drug-likeness (QED) is 0.812. The monoisotopic (exact) mass is 219 g/mol. The van der Waals surface area contributed by atoms with E-state index in [1.54, 1.807) is 0 Å². The van der Waals surface area contributed by atoms with Gasteiger partial charge in [0.25, 0.3) is 0 Å². The van der Waals surface area contributed by atoms with Crippen LogP contribution in [0.5, 0.6) is 0 Å². The first-order valence-electron chi connectivity index (χ1n) is 6.02. The van der Waals surface area contributed by atoms with Crippen LogP contribution in [0.4, 0.5) is 0 Å². The van der Waals surface area contributed by atoms with Crippen molar-refractivity contribution in [1.82, 2.24) is 0 Å². The Balaban J connectivity index is 3.30. The summed E-state index contributed by atoms with van der Waals surface area (Å²) >= 11 is 0. The van der Waals surface area contributed by atoms with E-state index in [4.69, 9.17) is 5.73 Å². The summed E-state index contributed by atoms with van der Waals surface area (Å²) in [5.74, 6) is -0.305. The molecule has 0 heterocycles. The van der Waals surface area contributed by atoms with Crippen LogP contribution in [-0.2, 0) is 12.8 Å². The molecule has 0 atom stereocenters. The fraction of sp³-hybridized carbons (Fsp3) is 0.500. The zero-order chi connectivity index (χ0) is 12.1. The van der Waals surface area contributed by atoms with Gasteiger partial charge in [0.1, 0.15) is 0 Å². The second-order valence-electron chi connectivity index (χ2n) is 4.25. The SMILES string of the molecule is CCCc1c(C)ccc(C(N)=O)c1CCC. The number of hydrogen-bond acceptors (Lipinski definition) is 1. The van der Waals surface area contributed by atoms with E-state index in [-0.39, 0.29) is 5.91 Å². The highest BCUT2D eigenvalue weighted by Gasteiger charge is 2.13. The smallest absolute Gasteiger partial charge is 0.248 e. The number of nitrogens with two attached hydrogens (primary N) is 1. The van der Waals surface area contributed by atoms with Crippen LogP contribution in [0.25, 0.3) is 0 Å². The van der Waals surface area contributed by atoms with Crippen LogP contribution in [-0.4, -0.2) is 5.91 Å². The maximum absolute atomic E-state index is 11.4. The molecular weight excluding hydrogens is 198 g/mol. The van der Waals surface area contributed by atoms with E-state index >= 15 is 0 Å². The Kier molecular flexibility index (Phi) is 4.53. The minimum absolute atomic E-state index is 0.305. The topological polar surface area (TPSA) is 43.1 Å². The Morgan fingerprint density at radius 1 is 1.12 bits per heavy atom. The number of aryl methyl sites for hydroxylation is 1. The molecule has 0 radical (unpaired) electrons. The first kappa shape index (κ1) is 12.8. The average Bonchev–Trinajstić information content (AvgIpc) is 2.23. The molecule has 0 aliphatic heterocycles. The highest BCUT2D eigenvalue weighted by atomic mass is 16.1. The molecule has 0 fully saturated rings. The van der Waals surface area contributed by atoms with Gasteiger partial charge in [0, 0.05) is 5.56 Å². The lowest BCUT2D eigenvalue weighted by Crippen LogP contribution is -2.16. The van der Waals surface area contributed by atoms with E-state index in [9.17, 15) is 4.79 Å². The molecule has 1 rings (SSSR count). The fourth-order valence-corrected chi connectivity index (χ4v) is 2.17. The molecule has 2 N–H and O–H groups in total. The Bertz CT molecular complexity index is 383. The van der Waals surface area contributed by atoms with E-state index in [0.717, 1.165) is 31.2 Å². The third kappa shape index (κ3) is 2.63. The number of benzene rings is 1. The standard InChI is InChI=1S/C14H21NO/c1-4-6-11-10(3)8-9-13(14(15)16)12(11)7-5-2/h8-9H,4-7H2,1-3H3,(H2,15,16). The van der Waals surface area contributed by atoms with Crippen LogP contribution in [0.2, 0.25) is 0 Å². The van der Waals surface area contributed by atoms with Crippen LogP contribution >= 0.6 is 0 Å². The molecule has 0 aromatic heterocycles. The zero-order valence-electron chi connectivity index (χ0n) is 10.5. The molecule has 88 valence electrons. The molecule has 0 saturated heterocycles. The van der Waals surface area contributed by atoms with Crippen molar-refractivity contribution in [1.29, 1.82) is 0 Å². The van der Waals surface area contributed by atoms with Gasteiger partial charge in [-0.15, -0.1) is 0 Å². The van der Waals surface area contributed by atoms with Gasteiger partial charge in [-0.2, -0.15) is 0 Å². The van der Waals surface area contributed by atoms with Gasteiger partial charge in [0.05, 0.1) is 0 Å². The minimum Gasteiger partial charge on any atom is -0.366 e. The van der Waals surface area contributed by atoms with E-state index in [1.807, 2.05) is 12.1 Å². The number of hydrogen-bond donors (Lipinski definition) is 1. The second-order valence-corrected chi connectivity index (χ2v) is 4.25. The molecule has 2 heteroatoms. The molecule has 0 saturated carbocycles. The third-order valence-corrected chi connectivity index (χ3v) is 2.93. The van der Waals surface area contributed by atoms with Crippen LogP contribution in [0.15, 0.2) is 12.1 Å². The molecule has 16 heavy (non-hydrogen) atoms.